The van der Waals surface area contributed by atoms with Crippen molar-refractivity contribution in [1.29, 1.82) is 0 Å². The molecule has 0 saturated heterocycles. The van der Waals surface area contributed by atoms with Crippen LogP contribution in [0.4, 0.5) is 11.4 Å². The van der Waals surface area contributed by atoms with E-state index in [2.05, 4.69) is 0 Å². The number of hydrogen-bond donors (Lipinski definition) is 3. The number of thioether (sulfide) groups is 1. The van der Waals surface area contributed by atoms with Gasteiger partial charge >= 0.3 is 0 Å². The van der Waals surface area contributed by atoms with E-state index in [-0.39, 0.29) is 27.8 Å². The summed E-state index contributed by atoms with van der Waals surface area (Å²) in [6.45, 7) is 1.35. The van der Waals surface area contributed by atoms with Gasteiger partial charge in [-0.3, -0.25) is 14.9 Å². The number of nitro benzene ring substituents is 1. The minimum absolute atomic E-state index is 0.0208. The molecule has 0 bridgehead atoms. The van der Waals surface area contributed by atoms with Gasteiger partial charge in [0.15, 0.2) is 5.12 Å². The molecule has 0 saturated carbocycles. The second-order valence-electron chi connectivity index (χ2n) is 3.89. The van der Waals surface area contributed by atoms with Crippen LogP contribution >= 0.6 is 11.8 Å². The van der Waals surface area contributed by atoms with Crippen molar-refractivity contribution in [2.45, 2.75) is 19.1 Å². The van der Waals surface area contributed by atoms with E-state index in [4.69, 9.17) is 5.73 Å². The molecule has 0 aliphatic heterocycles. The van der Waals surface area contributed by atoms with Crippen LogP contribution in [-0.4, -0.2) is 32.1 Å². The van der Waals surface area contributed by atoms with Gasteiger partial charge in [0.25, 0.3) is 5.69 Å². The van der Waals surface area contributed by atoms with Crippen molar-refractivity contribution in [3.63, 3.8) is 0 Å². The molecule has 1 aromatic rings. The lowest BCUT2D eigenvalue weighted by Gasteiger charge is -2.18. The Morgan fingerprint density at radius 1 is 1.53 bits per heavy atom. The second kappa shape index (κ2) is 6.50. The van der Waals surface area contributed by atoms with Crippen LogP contribution in [0.1, 0.15) is 18.6 Å². The Kier molecular flexibility index (Phi) is 5.28. The number of aliphatic hydroxyl groups is 2. The zero-order valence-electron chi connectivity index (χ0n) is 10.1. The van der Waals surface area contributed by atoms with Crippen molar-refractivity contribution >= 4 is 28.3 Å². The summed E-state index contributed by atoms with van der Waals surface area (Å²) in [7, 11) is 0. The Morgan fingerprint density at radius 3 is 2.63 bits per heavy atom. The van der Waals surface area contributed by atoms with Gasteiger partial charge in [0.2, 0.25) is 0 Å². The number of non-ortho nitro benzene ring substituents is 1. The maximum atomic E-state index is 10.8. The zero-order chi connectivity index (χ0) is 14.6. The highest BCUT2D eigenvalue weighted by Crippen LogP contribution is 2.28. The molecular weight excluding hydrogens is 272 g/mol. The molecule has 0 aliphatic rings. The third-order valence-electron chi connectivity index (χ3n) is 2.42. The number of nitro groups is 1. The van der Waals surface area contributed by atoms with Gasteiger partial charge in [0.1, 0.15) is 6.10 Å². The first kappa shape index (κ1) is 15.4. The monoisotopic (exact) mass is 286 g/mol. The van der Waals surface area contributed by atoms with E-state index >= 15 is 0 Å². The van der Waals surface area contributed by atoms with Crippen LogP contribution < -0.4 is 5.73 Å². The van der Waals surface area contributed by atoms with E-state index in [1.165, 1.54) is 19.1 Å². The third kappa shape index (κ3) is 4.19. The van der Waals surface area contributed by atoms with Crippen molar-refractivity contribution in [3.05, 3.63) is 33.9 Å². The molecule has 7 nitrogen and oxygen atoms in total. The normalized spacial score (nSPS) is 13.8. The second-order valence-corrected chi connectivity index (χ2v) is 5.08. The summed E-state index contributed by atoms with van der Waals surface area (Å²) in [5.74, 6) is 0.0208. The highest BCUT2D eigenvalue weighted by molar-refractivity contribution is 8.13. The van der Waals surface area contributed by atoms with Gasteiger partial charge in [-0.25, -0.2) is 0 Å². The number of benzene rings is 1. The first-order valence-electron chi connectivity index (χ1n) is 5.36. The number of nitrogen functional groups attached to an aromatic ring is 1. The topological polar surface area (TPSA) is 127 Å². The Labute approximate surface area is 113 Å². The smallest absolute Gasteiger partial charge is 0.271 e. The molecule has 4 N–H and O–H groups in total. The number of carbonyl (C=O) groups excluding carboxylic acids is 1. The Morgan fingerprint density at radius 2 is 2.16 bits per heavy atom. The quantitative estimate of drug-likeness (QED) is 0.416. The van der Waals surface area contributed by atoms with Crippen molar-refractivity contribution < 1.29 is 19.9 Å². The van der Waals surface area contributed by atoms with E-state index in [1.54, 1.807) is 0 Å². The molecule has 0 heterocycles. The number of carbonyl (C=O) groups is 1. The highest BCUT2D eigenvalue weighted by atomic mass is 32.2. The molecule has 0 amide bonds. The Hall–Kier alpha value is -1.64. The molecule has 0 radical (unpaired) electrons. The number of nitrogens with zero attached hydrogens (tertiary/aromatic N) is 1. The van der Waals surface area contributed by atoms with Gasteiger partial charge in [0.05, 0.1) is 11.0 Å². The van der Waals surface area contributed by atoms with Crippen molar-refractivity contribution in [2.24, 2.45) is 0 Å². The summed E-state index contributed by atoms with van der Waals surface area (Å²) >= 11 is 0.878. The fourth-order valence-electron chi connectivity index (χ4n) is 1.45. The summed E-state index contributed by atoms with van der Waals surface area (Å²) in [5.41, 5.74) is 5.63. The summed E-state index contributed by atoms with van der Waals surface area (Å²) < 4.78 is 0. The van der Waals surface area contributed by atoms with Gasteiger partial charge < -0.3 is 15.9 Å². The first-order chi connectivity index (χ1) is 8.82. The molecule has 2 atom stereocenters. The van der Waals surface area contributed by atoms with Crippen molar-refractivity contribution in [2.75, 3.05) is 11.5 Å². The highest BCUT2D eigenvalue weighted by Gasteiger charge is 2.22. The van der Waals surface area contributed by atoms with Crippen LogP contribution in [0.3, 0.4) is 0 Å². The van der Waals surface area contributed by atoms with Crippen LogP contribution in [0.25, 0.3) is 0 Å². The molecule has 0 fully saturated rings. The summed E-state index contributed by atoms with van der Waals surface area (Å²) in [6, 6.07) is 3.60. The van der Waals surface area contributed by atoms with Crippen LogP contribution in [0.2, 0.25) is 0 Å². The standard InChI is InChI=1S/C11H14N2O5S/c1-6(14)19-5-10(15)11(16)8-3-2-7(13(17)18)4-9(8)12/h2-4,10-11,15-16H,5,12H2,1H3. The summed E-state index contributed by atoms with van der Waals surface area (Å²) in [6.07, 6.45) is -2.48. The van der Waals surface area contributed by atoms with Crippen LogP contribution in [-0.2, 0) is 4.79 Å². The minimum Gasteiger partial charge on any atom is -0.398 e. The zero-order valence-corrected chi connectivity index (χ0v) is 11.0. The van der Waals surface area contributed by atoms with Gasteiger partial charge in [-0.2, -0.15) is 0 Å². The first-order valence-corrected chi connectivity index (χ1v) is 6.34. The Bertz CT molecular complexity index is 494. The van der Waals surface area contributed by atoms with Crippen molar-refractivity contribution in [3.8, 4) is 0 Å². The molecule has 104 valence electrons. The molecule has 19 heavy (non-hydrogen) atoms. The summed E-state index contributed by atoms with van der Waals surface area (Å²) in [5, 5.41) is 30.0. The average Bonchev–Trinajstić information content (AvgIpc) is 2.34. The molecule has 1 aromatic carbocycles. The lowest BCUT2D eigenvalue weighted by molar-refractivity contribution is -0.384. The number of aliphatic hydroxyl groups excluding tert-OH is 2. The molecule has 2 unspecified atom stereocenters. The lowest BCUT2D eigenvalue weighted by atomic mass is 10.0. The Balaban J connectivity index is 2.84. The van der Waals surface area contributed by atoms with E-state index < -0.39 is 17.1 Å². The maximum absolute atomic E-state index is 10.8. The lowest BCUT2D eigenvalue weighted by Crippen LogP contribution is -2.22. The van der Waals surface area contributed by atoms with E-state index in [0.29, 0.717) is 0 Å². The summed E-state index contributed by atoms with van der Waals surface area (Å²) in [4.78, 5) is 20.7. The average molecular weight is 286 g/mol. The fourth-order valence-corrected chi connectivity index (χ4v) is 2.03. The van der Waals surface area contributed by atoms with Gasteiger partial charge in [-0.15, -0.1) is 0 Å². The molecule has 0 aromatic heterocycles. The molecule has 1 rings (SSSR count). The predicted octanol–water partition coefficient (Wildman–Crippen LogP) is 0.851. The van der Waals surface area contributed by atoms with Crippen LogP contribution in [0, 0.1) is 10.1 Å². The van der Waals surface area contributed by atoms with E-state index in [9.17, 15) is 25.1 Å². The fraction of sp³-hybridized carbons (Fsp3) is 0.364. The molecular formula is C11H14N2O5S. The van der Waals surface area contributed by atoms with Gasteiger partial charge in [0, 0.05) is 36.1 Å². The van der Waals surface area contributed by atoms with E-state index in [0.717, 1.165) is 17.8 Å². The largest absolute Gasteiger partial charge is 0.398 e. The third-order valence-corrected chi connectivity index (χ3v) is 3.34. The SMILES string of the molecule is CC(=O)SCC(O)C(O)c1ccc([N+](=O)[O-])cc1N. The van der Waals surface area contributed by atoms with Crippen LogP contribution in [0.5, 0.6) is 0 Å². The molecule has 0 aliphatic carbocycles. The minimum atomic E-state index is -1.30. The molecule has 0 spiro atoms. The number of anilines is 1. The predicted molar refractivity (Wildman–Crippen MR) is 71.6 cm³/mol. The molecule has 8 heteroatoms. The van der Waals surface area contributed by atoms with Gasteiger partial charge in [-0.05, 0) is 6.07 Å². The van der Waals surface area contributed by atoms with E-state index in [1.807, 2.05) is 0 Å². The number of nitrogens with two attached hydrogens (primary N) is 1. The van der Waals surface area contributed by atoms with Crippen LogP contribution in [0.15, 0.2) is 18.2 Å². The maximum Gasteiger partial charge on any atom is 0.271 e. The number of hydrogen-bond acceptors (Lipinski definition) is 7. The van der Waals surface area contributed by atoms with Crippen molar-refractivity contribution in [1.82, 2.24) is 0 Å². The van der Waals surface area contributed by atoms with Gasteiger partial charge in [-0.1, -0.05) is 11.8 Å². The number of rotatable bonds is 5.